The van der Waals surface area contributed by atoms with Gasteiger partial charge in [-0.1, -0.05) is 0 Å². The lowest BCUT2D eigenvalue weighted by Crippen LogP contribution is -1.34. The summed E-state index contributed by atoms with van der Waals surface area (Å²) in [5.74, 6) is 0. The van der Waals surface area contributed by atoms with Crippen LogP contribution in [0.5, 0.6) is 0 Å². The first kappa shape index (κ1) is 9.14. The standard InChI is InChI=1S/CH2O.H4OSi/c2*1-2/h1H2;1H,2H3. The first-order chi connectivity index (χ1) is 2.00. The van der Waals surface area contributed by atoms with E-state index in [-0.39, 0.29) is 0 Å². The smallest absolute Gasteiger partial charge is 0.141 e. The molecule has 0 radical (unpaired) electrons. The third-order valence-corrected chi connectivity index (χ3v) is 0. The normalized spacial score (nSPS) is 3.25. The molecule has 0 aliphatic carbocycles. The van der Waals surface area contributed by atoms with E-state index >= 15 is 0 Å². The molecular weight excluding hydrogens is 72.1 g/mol. The van der Waals surface area contributed by atoms with Gasteiger partial charge >= 0.3 is 0 Å². The molecule has 0 amide bonds. The summed E-state index contributed by atoms with van der Waals surface area (Å²) in [7, 11) is 0.306. The third kappa shape index (κ3) is 56.5. The molecule has 0 fully saturated rings. The minimum Gasteiger partial charge on any atom is -0.442 e. The van der Waals surface area contributed by atoms with E-state index in [2.05, 4.69) is 0 Å². The maximum atomic E-state index is 8.00. The largest absolute Gasteiger partial charge is 0.442 e. The van der Waals surface area contributed by atoms with Gasteiger partial charge in [0.1, 0.15) is 17.3 Å². The molecule has 1 N–H and O–H groups in total. The number of carbonyl (C=O) groups is 1. The molecule has 3 heteroatoms. The molecule has 0 rings (SSSR count). The molecule has 26 valence electrons. The SMILES string of the molecule is C=O.O[SiH3]. The summed E-state index contributed by atoms with van der Waals surface area (Å²) in [4.78, 5) is 15.1. The molecule has 0 unspecified atom stereocenters. The van der Waals surface area contributed by atoms with Crippen LogP contribution in [-0.2, 0) is 4.79 Å². The van der Waals surface area contributed by atoms with Crippen molar-refractivity contribution < 1.29 is 9.59 Å². The van der Waals surface area contributed by atoms with Crippen LogP contribution in [0.3, 0.4) is 0 Å². The first-order valence-electron chi connectivity index (χ1n) is 0.736. The van der Waals surface area contributed by atoms with Crippen molar-refractivity contribution in [1.29, 1.82) is 0 Å². The second-order valence-electron chi connectivity index (χ2n) is 0. The van der Waals surface area contributed by atoms with Crippen LogP contribution in [0, 0.1) is 0 Å². The zero-order valence-corrected chi connectivity index (χ0v) is 4.56. The zero-order valence-electron chi connectivity index (χ0n) is 2.56. The summed E-state index contributed by atoms with van der Waals surface area (Å²) in [5.41, 5.74) is 0. The van der Waals surface area contributed by atoms with Crippen LogP contribution in [0.2, 0.25) is 0 Å². The highest BCUT2D eigenvalue weighted by Crippen LogP contribution is 0.666. The Bertz CT molecular complexity index is 6.00. The molecule has 0 aliphatic rings. The lowest BCUT2D eigenvalue weighted by Gasteiger charge is -1.19. The molecule has 0 saturated carbocycles. The van der Waals surface area contributed by atoms with E-state index in [1.54, 1.807) is 0 Å². The second-order valence-corrected chi connectivity index (χ2v) is 0. The van der Waals surface area contributed by atoms with Crippen molar-refractivity contribution in [3.05, 3.63) is 0 Å². The van der Waals surface area contributed by atoms with Crippen molar-refractivity contribution in [3.63, 3.8) is 0 Å². The lowest BCUT2D eigenvalue weighted by atomic mass is 11.9. The number of hydrogen-bond acceptors (Lipinski definition) is 2. The molecule has 0 aromatic carbocycles. The summed E-state index contributed by atoms with van der Waals surface area (Å²) in [6.45, 7) is 2.00. The van der Waals surface area contributed by atoms with Crippen molar-refractivity contribution >= 4 is 17.3 Å². The number of carbonyl (C=O) groups excluding carboxylic acids is 1. The zero-order chi connectivity index (χ0) is 4.00. The van der Waals surface area contributed by atoms with Gasteiger partial charge in [-0.25, -0.2) is 0 Å². The lowest BCUT2D eigenvalue weighted by molar-refractivity contribution is -0.0979. The molecule has 0 aliphatic heterocycles. The van der Waals surface area contributed by atoms with Gasteiger partial charge in [0, 0.05) is 0 Å². The van der Waals surface area contributed by atoms with Crippen LogP contribution < -0.4 is 0 Å². The van der Waals surface area contributed by atoms with Gasteiger partial charge in [0.05, 0.1) is 0 Å². The topological polar surface area (TPSA) is 37.3 Å². The summed E-state index contributed by atoms with van der Waals surface area (Å²) in [6, 6.07) is 0. The first-order valence-corrected chi connectivity index (χ1v) is 1.63. The molecule has 0 heterocycles. The third-order valence-electron chi connectivity index (χ3n) is 0. The van der Waals surface area contributed by atoms with E-state index in [0.29, 0.717) is 10.5 Å². The summed E-state index contributed by atoms with van der Waals surface area (Å²) < 4.78 is 0. The van der Waals surface area contributed by atoms with Gasteiger partial charge in [-0.3, -0.25) is 0 Å². The Hall–Kier alpha value is -0.153. The highest BCUT2D eigenvalue weighted by atomic mass is 28.2. The Morgan fingerprint density at radius 3 is 1.50 bits per heavy atom. The highest BCUT2D eigenvalue weighted by molar-refractivity contribution is 5.95. The maximum Gasteiger partial charge on any atom is 0.141 e. The van der Waals surface area contributed by atoms with Crippen molar-refractivity contribution in [2.45, 2.75) is 0 Å². The molecule has 0 aromatic rings. The van der Waals surface area contributed by atoms with Gasteiger partial charge in [-0.2, -0.15) is 0 Å². The summed E-state index contributed by atoms with van der Waals surface area (Å²) >= 11 is 0. The highest BCUT2D eigenvalue weighted by Gasteiger charge is 0.891. The minimum atomic E-state index is 0.306. The van der Waals surface area contributed by atoms with Crippen LogP contribution in [0.4, 0.5) is 0 Å². The van der Waals surface area contributed by atoms with Crippen LogP contribution in [0.15, 0.2) is 0 Å². The molecule has 0 bridgehead atoms. The van der Waals surface area contributed by atoms with Crippen molar-refractivity contribution in [2.75, 3.05) is 0 Å². The second kappa shape index (κ2) is 414. The molecule has 0 spiro atoms. The fourth-order valence-corrected chi connectivity index (χ4v) is 0. The van der Waals surface area contributed by atoms with E-state index in [4.69, 9.17) is 9.59 Å². The molecule has 2 nitrogen and oxygen atoms in total. The Morgan fingerprint density at radius 1 is 1.50 bits per heavy atom. The van der Waals surface area contributed by atoms with Gasteiger partial charge < -0.3 is 9.59 Å². The number of rotatable bonds is 0. The average molecular weight is 78.1 g/mol. The monoisotopic (exact) mass is 78.0 g/mol. The summed E-state index contributed by atoms with van der Waals surface area (Å²) in [5, 5.41) is 0. The Labute approximate surface area is 28.0 Å². The van der Waals surface area contributed by atoms with E-state index in [0.717, 1.165) is 0 Å². The van der Waals surface area contributed by atoms with Crippen LogP contribution in [0.1, 0.15) is 0 Å². The predicted molar refractivity (Wildman–Crippen MR) is 19.3 cm³/mol. The van der Waals surface area contributed by atoms with E-state index in [1.165, 1.54) is 0 Å². The Balaban J connectivity index is 0. The maximum absolute atomic E-state index is 8.00. The van der Waals surface area contributed by atoms with Crippen LogP contribution in [-0.4, -0.2) is 22.1 Å². The minimum absolute atomic E-state index is 0.306. The molecule has 4 heavy (non-hydrogen) atoms. The van der Waals surface area contributed by atoms with Gasteiger partial charge in [0.2, 0.25) is 0 Å². The van der Waals surface area contributed by atoms with Crippen molar-refractivity contribution in [3.8, 4) is 0 Å². The van der Waals surface area contributed by atoms with Crippen molar-refractivity contribution in [1.82, 2.24) is 0 Å². The summed E-state index contributed by atoms with van der Waals surface area (Å²) in [6.07, 6.45) is 0. The van der Waals surface area contributed by atoms with Crippen LogP contribution in [0.25, 0.3) is 0 Å². The number of hydrogen-bond donors (Lipinski definition) is 1. The van der Waals surface area contributed by atoms with E-state index < -0.39 is 0 Å². The average Bonchev–Trinajstić information content (AvgIpc) is 1.50. The van der Waals surface area contributed by atoms with Gasteiger partial charge in [-0.15, -0.1) is 0 Å². The van der Waals surface area contributed by atoms with Crippen molar-refractivity contribution in [2.24, 2.45) is 0 Å². The quantitative estimate of drug-likeness (QED) is 0.343. The van der Waals surface area contributed by atoms with Crippen LogP contribution >= 0.6 is 0 Å². The van der Waals surface area contributed by atoms with Gasteiger partial charge in [-0.05, 0) is 0 Å². The molecule has 0 saturated heterocycles. The fraction of sp³-hybridized carbons (Fsp3) is 0. The molecular formula is CH6O2Si. The predicted octanol–water partition coefficient (Wildman–Crippen LogP) is -1.93. The Morgan fingerprint density at radius 2 is 1.50 bits per heavy atom. The van der Waals surface area contributed by atoms with Gasteiger partial charge in [0.15, 0.2) is 0 Å². The van der Waals surface area contributed by atoms with E-state index in [1.807, 2.05) is 6.79 Å². The molecule has 0 atom stereocenters. The van der Waals surface area contributed by atoms with E-state index in [9.17, 15) is 0 Å². The molecule has 0 aromatic heterocycles. The van der Waals surface area contributed by atoms with Gasteiger partial charge in [0.25, 0.3) is 0 Å². The fourth-order valence-electron chi connectivity index (χ4n) is 0. The Kier molecular flexibility index (Phi) is 946.